The Bertz CT molecular complexity index is 1010. The van der Waals surface area contributed by atoms with Crippen LogP contribution in [0.4, 0.5) is 5.69 Å². The van der Waals surface area contributed by atoms with Crippen LogP contribution in [0.2, 0.25) is 15.1 Å². The first-order valence-electron chi connectivity index (χ1n) is 8.53. The van der Waals surface area contributed by atoms with Gasteiger partial charge in [0.05, 0.1) is 26.5 Å². The third kappa shape index (κ3) is 5.57. The number of thioether (sulfide) groups is 1. The van der Waals surface area contributed by atoms with Crippen LogP contribution in [0.5, 0.6) is 5.75 Å². The fraction of sp³-hybridized carbons (Fsp3) is 0.211. The molecule has 0 aliphatic heterocycles. The van der Waals surface area contributed by atoms with E-state index in [9.17, 15) is 4.79 Å². The lowest BCUT2D eigenvalue weighted by Gasteiger charge is -2.14. The van der Waals surface area contributed by atoms with Gasteiger partial charge in [-0.1, -0.05) is 64.8 Å². The average Bonchev–Trinajstić information content (AvgIpc) is 3.06. The normalized spacial score (nSPS) is 11.9. The Balaban J connectivity index is 1.60. The van der Waals surface area contributed by atoms with Crippen molar-refractivity contribution in [2.45, 2.75) is 18.2 Å². The summed E-state index contributed by atoms with van der Waals surface area (Å²) in [5, 5.41) is 12.6. The molecule has 0 fully saturated rings. The van der Waals surface area contributed by atoms with E-state index in [0.29, 0.717) is 31.7 Å². The van der Waals surface area contributed by atoms with Crippen LogP contribution in [-0.4, -0.2) is 26.4 Å². The van der Waals surface area contributed by atoms with Gasteiger partial charge in [-0.15, -0.1) is 10.2 Å². The highest BCUT2D eigenvalue weighted by atomic mass is 35.5. The summed E-state index contributed by atoms with van der Waals surface area (Å²) in [5.41, 5.74) is 0.398. The fourth-order valence-electron chi connectivity index (χ4n) is 2.50. The van der Waals surface area contributed by atoms with Gasteiger partial charge in [-0.3, -0.25) is 4.79 Å². The van der Waals surface area contributed by atoms with E-state index in [1.807, 2.05) is 44.3 Å². The number of ether oxygens (including phenoxy) is 1. The summed E-state index contributed by atoms with van der Waals surface area (Å²) in [7, 11) is 1.83. The van der Waals surface area contributed by atoms with Crippen LogP contribution in [-0.2, 0) is 11.8 Å². The summed E-state index contributed by atoms with van der Waals surface area (Å²) >= 11 is 19.2. The highest BCUT2D eigenvalue weighted by molar-refractivity contribution is 7.99. The van der Waals surface area contributed by atoms with Gasteiger partial charge in [0.25, 0.3) is 0 Å². The summed E-state index contributed by atoms with van der Waals surface area (Å²) < 4.78 is 7.69. The number of hydrogen-bond acceptors (Lipinski definition) is 5. The molecule has 2 aromatic carbocycles. The average molecular weight is 472 g/mol. The molecular formula is C19H17Cl3N4O2S. The molecule has 1 heterocycles. The van der Waals surface area contributed by atoms with Crippen molar-refractivity contribution in [1.29, 1.82) is 0 Å². The lowest BCUT2D eigenvalue weighted by atomic mass is 10.3. The van der Waals surface area contributed by atoms with Gasteiger partial charge in [-0.25, -0.2) is 0 Å². The van der Waals surface area contributed by atoms with Crippen LogP contribution in [0.25, 0.3) is 0 Å². The monoisotopic (exact) mass is 470 g/mol. The number of aromatic nitrogens is 3. The molecule has 0 bridgehead atoms. The summed E-state index contributed by atoms with van der Waals surface area (Å²) in [4.78, 5) is 12.3. The predicted molar refractivity (Wildman–Crippen MR) is 117 cm³/mol. The van der Waals surface area contributed by atoms with Crippen LogP contribution >= 0.6 is 46.6 Å². The number of nitrogens with one attached hydrogen (secondary N) is 1. The van der Waals surface area contributed by atoms with Gasteiger partial charge >= 0.3 is 0 Å². The van der Waals surface area contributed by atoms with E-state index in [4.69, 9.17) is 39.5 Å². The first-order valence-corrected chi connectivity index (χ1v) is 10.6. The van der Waals surface area contributed by atoms with E-state index in [0.717, 1.165) is 5.75 Å². The van der Waals surface area contributed by atoms with Crippen LogP contribution in [0.1, 0.15) is 18.9 Å². The molecule has 3 aromatic rings. The lowest BCUT2D eigenvalue weighted by Crippen LogP contribution is -2.15. The van der Waals surface area contributed by atoms with Crippen molar-refractivity contribution < 1.29 is 9.53 Å². The van der Waals surface area contributed by atoms with Gasteiger partial charge in [-0.05, 0) is 31.2 Å². The number of benzene rings is 2. The molecule has 0 radical (unpaired) electrons. The smallest absolute Gasteiger partial charge is 0.234 e. The van der Waals surface area contributed by atoms with E-state index in [1.165, 1.54) is 23.9 Å². The number of anilines is 1. The van der Waals surface area contributed by atoms with Crippen LogP contribution in [0.3, 0.4) is 0 Å². The quantitative estimate of drug-likeness (QED) is 0.356. The molecule has 0 aliphatic rings. The topological polar surface area (TPSA) is 69.0 Å². The van der Waals surface area contributed by atoms with Crippen molar-refractivity contribution in [3.63, 3.8) is 0 Å². The molecule has 1 unspecified atom stereocenters. The Morgan fingerprint density at radius 3 is 2.55 bits per heavy atom. The predicted octanol–water partition coefficient (Wildman–Crippen LogP) is 5.65. The van der Waals surface area contributed by atoms with Crippen molar-refractivity contribution in [2.75, 3.05) is 11.1 Å². The lowest BCUT2D eigenvalue weighted by molar-refractivity contribution is -0.113. The second-order valence-electron chi connectivity index (χ2n) is 6.06. The molecule has 1 amide bonds. The molecule has 0 spiro atoms. The Morgan fingerprint density at radius 2 is 1.83 bits per heavy atom. The number of amides is 1. The van der Waals surface area contributed by atoms with Gasteiger partial charge in [0.2, 0.25) is 5.91 Å². The van der Waals surface area contributed by atoms with Crippen molar-refractivity contribution >= 4 is 58.2 Å². The molecule has 29 heavy (non-hydrogen) atoms. The van der Waals surface area contributed by atoms with Crippen molar-refractivity contribution in [3.05, 3.63) is 63.4 Å². The largest absolute Gasteiger partial charge is 0.483 e. The van der Waals surface area contributed by atoms with Gasteiger partial charge < -0.3 is 14.6 Å². The first-order chi connectivity index (χ1) is 13.8. The molecule has 10 heteroatoms. The maximum absolute atomic E-state index is 12.3. The SMILES string of the molecule is CC(Oc1ccccc1)c1nnc(SCC(=O)Nc2cc(Cl)c(Cl)cc2Cl)n1C. The number of halogens is 3. The molecule has 0 saturated carbocycles. The van der Waals surface area contributed by atoms with Crippen LogP contribution in [0.15, 0.2) is 47.6 Å². The van der Waals surface area contributed by atoms with Crippen molar-refractivity contribution in [3.8, 4) is 5.75 Å². The zero-order valence-electron chi connectivity index (χ0n) is 15.5. The van der Waals surface area contributed by atoms with E-state index in [2.05, 4.69) is 15.5 Å². The third-order valence-corrected chi connectivity index (χ3v) is 5.96. The van der Waals surface area contributed by atoms with E-state index in [1.54, 1.807) is 4.57 Å². The number of carbonyl (C=O) groups excluding carboxylic acids is 1. The van der Waals surface area contributed by atoms with E-state index >= 15 is 0 Å². The Morgan fingerprint density at radius 1 is 1.14 bits per heavy atom. The minimum atomic E-state index is -0.298. The molecule has 0 saturated heterocycles. The summed E-state index contributed by atoms with van der Waals surface area (Å²) in [5.74, 6) is 1.27. The number of nitrogens with zero attached hydrogens (tertiary/aromatic N) is 3. The van der Waals surface area contributed by atoms with Crippen LogP contribution < -0.4 is 10.1 Å². The summed E-state index contributed by atoms with van der Waals surface area (Å²) in [6.45, 7) is 1.89. The minimum Gasteiger partial charge on any atom is -0.483 e. The zero-order chi connectivity index (χ0) is 21.0. The second kappa shape index (κ2) is 9.71. The number of para-hydroxylation sites is 1. The van der Waals surface area contributed by atoms with Crippen LogP contribution in [0, 0.1) is 0 Å². The molecule has 1 aromatic heterocycles. The maximum Gasteiger partial charge on any atom is 0.234 e. The van der Waals surface area contributed by atoms with Gasteiger partial charge in [0, 0.05) is 7.05 Å². The molecule has 152 valence electrons. The van der Waals surface area contributed by atoms with Gasteiger partial charge in [0.1, 0.15) is 5.75 Å². The molecule has 1 atom stereocenters. The zero-order valence-corrected chi connectivity index (χ0v) is 18.6. The number of carbonyl (C=O) groups is 1. The fourth-order valence-corrected chi connectivity index (χ4v) is 3.81. The molecule has 1 N–H and O–H groups in total. The second-order valence-corrected chi connectivity index (χ2v) is 8.22. The van der Waals surface area contributed by atoms with E-state index in [-0.39, 0.29) is 17.8 Å². The highest BCUT2D eigenvalue weighted by Crippen LogP contribution is 2.32. The van der Waals surface area contributed by atoms with Crippen molar-refractivity contribution in [1.82, 2.24) is 14.8 Å². The Hall–Kier alpha value is -1.93. The minimum absolute atomic E-state index is 0.121. The highest BCUT2D eigenvalue weighted by Gasteiger charge is 2.18. The standard InChI is InChI=1S/C19H17Cl3N4O2S/c1-11(28-12-6-4-3-5-7-12)18-24-25-19(26(18)2)29-10-17(27)23-16-9-14(21)13(20)8-15(16)22/h3-9,11H,10H2,1-2H3,(H,23,27). The van der Waals surface area contributed by atoms with Gasteiger partial charge in [-0.2, -0.15) is 0 Å². The molecule has 0 aliphatic carbocycles. The Kier molecular flexibility index (Phi) is 7.29. The maximum atomic E-state index is 12.3. The molecular weight excluding hydrogens is 455 g/mol. The van der Waals surface area contributed by atoms with E-state index < -0.39 is 0 Å². The Labute approximate surface area is 187 Å². The van der Waals surface area contributed by atoms with Gasteiger partial charge in [0.15, 0.2) is 17.1 Å². The molecule has 6 nitrogen and oxygen atoms in total. The third-order valence-electron chi connectivity index (χ3n) is 3.90. The number of hydrogen-bond donors (Lipinski definition) is 1. The molecule has 3 rings (SSSR count). The number of rotatable bonds is 7. The van der Waals surface area contributed by atoms with Crippen molar-refractivity contribution in [2.24, 2.45) is 7.05 Å². The first kappa shape index (κ1) is 21.8. The summed E-state index contributed by atoms with van der Waals surface area (Å²) in [6, 6.07) is 12.5. The summed E-state index contributed by atoms with van der Waals surface area (Å²) in [6.07, 6.45) is -0.298.